The maximum absolute atomic E-state index is 12.8. The summed E-state index contributed by atoms with van der Waals surface area (Å²) in [4.78, 5) is 12.6. The van der Waals surface area contributed by atoms with E-state index in [1.165, 1.54) is 4.31 Å². The van der Waals surface area contributed by atoms with Gasteiger partial charge in [0.05, 0.1) is 12.0 Å². The van der Waals surface area contributed by atoms with Gasteiger partial charge in [-0.15, -0.1) is 0 Å². The Hall–Kier alpha value is -1.25. The number of hydrogen-bond acceptors (Lipinski definition) is 5. The van der Waals surface area contributed by atoms with Crippen molar-refractivity contribution in [2.75, 3.05) is 32.5 Å². The molecule has 1 aromatic carbocycles. The minimum absolute atomic E-state index is 0.0333. The predicted molar refractivity (Wildman–Crippen MR) is 110 cm³/mol. The molecular formula is C19H30N2O4S2. The number of carbonyl (C=O) groups is 1. The smallest absolute Gasteiger partial charge is 0.243 e. The van der Waals surface area contributed by atoms with E-state index < -0.39 is 10.0 Å². The number of sulfonamides is 1. The Morgan fingerprint density at radius 1 is 1.22 bits per heavy atom. The fourth-order valence-corrected chi connectivity index (χ4v) is 5.22. The number of hydrogen-bond donors (Lipinski definition) is 1. The lowest BCUT2D eigenvalue weighted by Gasteiger charge is -2.30. The van der Waals surface area contributed by atoms with E-state index in [-0.39, 0.29) is 21.5 Å². The molecule has 0 bridgehead atoms. The second kappa shape index (κ2) is 9.30. The Kier molecular flexibility index (Phi) is 7.59. The molecule has 1 amide bonds. The molecule has 1 N–H and O–H groups in total. The standard InChI is InChI=1S/C19H30N2O4S2/c1-19(2,3)26-14-11-20-18(22)15-9-12-21(13-10-15)27(23,24)17-7-5-16(25-4)6-8-17/h5-8,15H,9-14H2,1-4H3,(H,20,22). The highest BCUT2D eigenvalue weighted by atomic mass is 32.2. The van der Waals surface area contributed by atoms with Gasteiger partial charge in [0.25, 0.3) is 0 Å². The van der Waals surface area contributed by atoms with Gasteiger partial charge in [0.15, 0.2) is 0 Å². The lowest BCUT2D eigenvalue weighted by Crippen LogP contribution is -2.43. The number of rotatable bonds is 7. The molecule has 1 aromatic rings. The highest BCUT2D eigenvalue weighted by Gasteiger charge is 2.32. The van der Waals surface area contributed by atoms with Crippen LogP contribution in [0.5, 0.6) is 5.75 Å². The van der Waals surface area contributed by atoms with Gasteiger partial charge in [0, 0.05) is 36.1 Å². The molecule has 1 heterocycles. The molecule has 0 spiro atoms. The van der Waals surface area contributed by atoms with Crippen LogP contribution in [0.25, 0.3) is 0 Å². The zero-order valence-corrected chi connectivity index (χ0v) is 18.2. The third kappa shape index (κ3) is 6.40. The second-order valence-corrected chi connectivity index (χ2v) is 11.5. The third-order valence-electron chi connectivity index (χ3n) is 4.46. The Morgan fingerprint density at radius 2 is 1.81 bits per heavy atom. The molecule has 8 heteroatoms. The number of nitrogens with one attached hydrogen (secondary N) is 1. The van der Waals surface area contributed by atoms with Gasteiger partial charge in [0.2, 0.25) is 15.9 Å². The van der Waals surface area contributed by atoms with E-state index in [1.54, 1.807) is 31.4 Å². The molecule has 152 valence electrons. The molecule has 2 rings (SSSR count). The van der Waals surface area contributed by atoms with Crippen molar-refractivity contribution in [1.29, 1.82) is 0 Å². The van der Waals surface area contributed by atoms with E-state index in [0.717, 1.165) is 5.75 Å². The zero-order valence-electron chi connectivity index (χ0n) is 16.5. The van der Waals surface area contributed by atoms with Crippen LogP contribution in [0.15, 0.2) is 29.2 Å². The van der Waals surface area contributed by atoms with Gasteiger partial charge in [-0.2, -0.15) is 16.1 Å². The molecular weight excluding hydrogens is 384 g/mol. The topological polar surface area (TPSA) is 75.7 Å². The number of ether oxygens (including phenoxy) is 1. The molecule has 1 fully saturated rings. The predicted octanol–water partition coefficient (Wildman–Crippen LogP) is 2.74. The maximum atomic E-state index is 12.8. The van der Waals surface area contributed by atoms with E-state index in [0.29, 0.717) is 38.2 Å². The van der Waals surface area contributed by atoms with Crippen LogP contribution in [0.3, 0.4) is 0 Å². The van der Waals surface area contributed by atoms with E-state index >= 15 is 0 Å². The van der Waals surface area contributed by atoms with E-state index in [1.807, 2.05) is 11.8 Å². The second-order valence-electron chi connectivity index (χ2n) is 7.61. The third-order valence-corrected chi connectivity index (χ3v) is 7.65. The lowest BCUT2D eigenvalue weighted by molar-refractivity contribution is -0.125. The monoisotopic (exact) mass is 414 g/mol. The van der Waals surface area contributed by atoms with Gasteiger partial charge in [0.1, 0.15) is 5.75 Å². The van der Waals surface area contributed by atoms with Crippen LogP contribution in [0.4, 0.5) is 0 Å². The van der Waals surface area contributed by atoms with Gasteiger partial charge in [-0.25, -0.2) is 8.42 Å². The quantitative estimate of drug-likeness (QED) is 0.695. The van der Waals surface area contributed by atoms with Gasteiger partial charge < -0.3 is 10.1 Å². The van der Waals surface area contributed by atoms with Crippen molar-refractivity contribution in [3.05, 3.63) is 24.3 Å². The lowest BCUT2D eigenvalue weighted by atomic mass is 9.97. The number of methoxy groups -OCH3 is 1. The highest BCUT2D eigenvalue weighted by molar-refractivity contribution is 8.00. The molecule has 0 atom stereocenters. The molecule has 27 heavy (non-hydrogen) atoms. The molecule has 0 aromatic heterocycles. The Labute approximate surface area is 167 Å². The first-order valence-corrected chi connectivity index (χ1v) is 11.6. The SMILES string of the molecule is COc1ccc(S(=O)(=O)N2CCC(C(=O)NCCSC(C)(C)C)CC2)cc1. The van der Waals surface area contributed by atoms with Gasteiger partial charge in [-0.05, 0) is 37.1 Å². The minimum Gasteiger partial charge on any atom is -0.497 e. The summed E-state index contributed by atoms with van der Waals surface area (Å²) >= 11 is 1.81. The molecule has 0 radical (unpaired) electrons. The Bertz CT molecular complexity index is 719. The summed E-state index contributed by atoms with van der Waals surface area (Å²) in [5, 5.41) is 2.98. The molecule has 0 saturated carbocycles. The van der Waals surface area contributed by atoms with Crippen LogP contribution in [-0.2, 0) is 14.8 Å². The number of amides is 1. The molecule has 6 nitrogen and oxygen atoms in total. The molecule has 1 aliphatic heterocycles. The van der Waals surface area contributed by atoms with Crippen LogP contribution in [0.1, 0.15) is 33.6 Å². The van der Waals surface area contributed by atoms with Crippen LogP contribution in [0, 0.1) is 5.92 Å². The van der Waals surface area contributed by atoms with Crippen molar-refractivity contribution in [3.63, 3.8) is 0 Å². The van der Waals surface area contributed by atoms with E-state index in [9.17, 15) is 13.2 Å². The molecule has 0 unspecified atom stereocenters. The first-order chi connectivity index (χ1) is 12.6. The van der Waals surface area contributed by atoms with Gasteiger partial charge in [-0.1, -0.05) is 20.8 Å². The first kappa shape index (κ1) is 22.0. The fourth-order valence-electron chi connectivity index (χ4n) is 2.93. The summed E-state index contributed by atoms with van der Waals surface area (Å²) in [7, 11) is -1.99. The largest absolute Gasteiger partial charge is 0.497 e. The first-order valence-electron chi connectivity index (χ1n) is 9.19. The number of nitrogens with zero attached hydrogens (tertiary/aromatic N) is 1. The zero-order chi connectivity index (χ0) is 20.1. The van der Waals surface area contributed by atoms with E-state index in [2.05, 4.69) is 26.1 Å². The summed E-state index contributed by atoms with van der Waals surface area (Å²) < 4.78 is 32.2. The summed E-state index contributed by atoms with van der Waals surface area (Å²) in [5.74, 6) is 1.41. The number of benzene rings is 1. The normalized spacial score (nSPS) is 16.9. The van der Waals surface area contributed by atoms with Crippen LogP contribution in [0.2, 0.25) is 0 Å². The average molecular weight is 415 g/mol. The highest BCUT2D eigenvalue weighted by Crippen LogP contribution is 2.25. The molecule has 1 aliphatic rings. The summed E-state index contributed by atoms with van der Waals surface area (Å²) in [6.45, 7) is 7.83. The molecule has 0 aliphatic carbocycles. The van der Waals surface area contributed by atoms with Gasteiger partial charge >= 0.3 is 0 Å². The molecule has 1 saturated heterocycles. The van der Waals surface area contributed by atoms with E-state index in [4.69, 9.17) is 4.74 Å². The fraction of sp³-hybridized carbons (Fsp3) is 0.632. The van der Waals surface area contributed by atoms with Crippen molar-refractivity contribution in [2.24, 2.45) is 5.92 Å². The van der Waals surface area contributed by atoms with Gasteiger partial charge in [-0.3, -0.25) is 4.79 Å². The number of piperidine rings is 1. The van der Waals surface area contributed by atoms with Crippen LogP contribution < -0.4 is 10.1 Å². The summed E-state index contributed by atoms with van der Waals surface area (Å²) in [5.41, 5.74) is 0. The average Bonchev–Trinajstić information content (AvgIpc) is 2.64. The minimum atomic E-state index is -3.53. The summed E-state index contributed by atoms with van der Waals surface area (Å²) in [6, 6.07) is 6.39. The van der Waals surface area contributed by atoms with Crippen molar-refractivity contribution in [3.8, 4) is 5.75 Å². The van der Waals surface area contributed by atoms with Crippen LogP contribution >= 0.6 is 11.8 Å². The maximum Gasteiger partial charge on any atom is 0.243 e. The van der Waals surface area contributed by atoms with Crippen LogP contribution in [-0.4, -0.2) is 55.9 Å². The Morgan fingerprint density at radius 3 is 2.33 bits per heavy atom. The Balaban J connectivity index is 1.84. The van der Waals surface area contributed by atoms with Crippen molar-refractivity contribution in [1.82, 2.24) is 9.62 Å². The van der Waals surface area contributed by atoms with Crippen molar-refractivity contribution >= 4 is 27.7 Å². The van der Waals surface area contributed by atoms with Crippen molar-refractivity contribution in [2.45, 2.75) is 43.3 Å². The van der Waals surface area contributed by atoms with Crippen molar-refractivity contribution < 1.29 is 17.9 Å². The summed E-state index contributed by atoms with van der Waals surface area (Å²) in [6.07, 6.45) is 1.10. The number of carbonyl (C=O) groups excluding carboxylic acids is 1. The number of thioether (sulfide) groups is 1.